The Balaban J connectivity index is 1.93. The first-order valence-electron chi connectivity index (χ1n) is 5.65. The van der Waals surface area contributed by atoms with Gasteiger partial charge in [0.2, 0.25) is 5.95 Å². The van der Waals surface area contributed by atoms with Crippen LogP contribution in [0.25, 0.3) is 0 Å². The van der Waals surface area contributed by atoms with Gasteiger partial charge >= 0.3 is 0 Å². The number of likely N-dealkylation sites (N-methyl/N-ethyl adjacent to an activating group) is 1. The van der Waals surface area contributed by atoms with Crippen LogP contribution in [0.3, 0.4) is 0 Å². The summed E-state index contributed by atoms with van der Waals surface area (Å²) in [4.78, 5) is 14.9. The minimum atomic E-state index is 0.756. The summed E-state index contributed by atoms with van der Waals surface area (Å²) in [6.45, 7) is 2.84. The van der Waals surface area contributed by atoms with Crippen molar-refractivity contribution in [3.8, 4) is 0 Å². The van der Waals surface area contributed by atoms with Crippen molar-refractivity contribution >= 4 is 5.95 Å². The number of rotatable bonds is 4. The lowest BCUT2D eigenvalue weighted by Gasteiger charge is -2.16. The Labute approximate surface area is 101 Å². The minimum absolute atomic E-state index is 0.756. The van der Waals surface area contributed by atoms with E-state index in [4.69, 9.17) is 0 Å². The zero-order valence-electron chi connectivity index (χ0n) is 10.2. The lowest BCUT2D eigenvalue weighted by atomic mass is 10.2. The van der Waals surface area contributed by atoms with E-state index in [-0.39, 0.29) is 0 Å². The Kier molecular flexibility index (Phi) is 3.65. The average molecular weight is 228 g/mol. The second-order valence-electron chi connectivity index (χ2n) is 4.05. The van der Waals surface area contributed by atoms with Gasteiger partial charge in [-0.2, -0.15) is 0 Å². The van der Waals surface area contributed by atoms with Gasteiger partial charge in [0.05, 0.1) is 0 Å². The Morgan fingerprint density at radius 1 is 1.12 bits per heavy atom. The van der Waals surface area contributed by atoms with Gasteiger partial charge in [0.25, 0.3) is 0 Å². The second kappa shape index (κ2) is 5.39. The van der Waals surface area contributed by atoms with Crippen molar-refractivity contribution in [1.82, 2.24) is 15.0 Å². The van der Waals surface area contributed by atoms with E-state index >= 15 is 0 Å². The quantitative estimate of drug-likeness (QED) is 0.801. The molecule has 0 aliphatic heterocycles. The number of anilines is 1. The Morgan fingerprint density at radius 2 is 1.88 bits per heavy atom. The van der Waals surface area contributed by atoms with Crippen LogP contribution in [-0.2, 0) is 6.42 Å². The van der Waals surface area contributed by atoms with Gasteiger partial charge in [0.1, 0.15) is 0 Å². The highest BCUT2D eigenvalue weighted by atomic mass is 15.2. The smallest absolute Gasteiger partial charge is 0.225 e. The predicted molar refractivity (Wildman–Crippen MR) is 68.0 cm³/mol. The highest BCUT2D eigenvalue weighted by Crippen LogP contribution is 2.05. The third-order valence-corrected chi connectivity index (χ3v) is 2.54. The van der Waals surface area contributed by atoms with Crippen LogP contribution in [0.4, 0.5) is 5.95 Å². The summed E-state index contributed by atoms with van der Waals surface area (Å²) < 4.78 is 0. The van der Waals surface area contributed by atoms with Crippen LogP contribution >= 0.6 is 0 Å². The topological polar surface area (TPSA) is 41.9 Å². The van der Waals surface area contributed by atoms with Gasteiger partial charge in [0, 0.05) is 44.3 Å². The molecule has 2 aromatic rings. The average Bonchev–Trinajstić information content (AvgIpc) is 2.38. The Morgan fingerprint density at radius 3 is 2.53 bits per heavy atom. The van der Waals surface area contributed by atoms with E-state index in [1.165, 1.54) is 0 Å². The molecule has 0 radical (unpaired) electrons. The van der Waals surface area contributed by atoms with Crippen molar-refractivity contribution < 1.29 is 0 Å². The van der Waals surface area contributed by atoms with Crippen LogP contribution in [0.5, 0.6) is 0 Å². The molecule has 0 aliphatic rings. The van der Waals surface area contributed by atoms with Gasteiger partial charge in [-0.25, -0.2) is 9.97 Å². The lowest BCUT2D eigenvalue weighted by molar-refractivity contribution is 0.819. The standard InChI is InChI=1S/C13H16N4/c1-11-9-15-13(16-10-11)17(2)8-6-12-5-3-4-7-14-12/h3-5,7,9-10H,6,8H2,1-2H3. The Bertz CT molecular complexity index is 453. The van der Waals surface area contributed by atoms with Crippen LogP contribution < -0.4 is 4.90 Å². The third kappa shape index (κ3) is 3.24. The van der Waals surface area contributed by atoms with Crippen LogP contribution in [0.2, 0.25) is 0 Å². The number of nitrogens with zero attached hydrogens (tertiary/aromatic N) is 4. The lowest BCUT2D eigenvalue weighted by Crippen LogP contribution is -2.22. The normalized spacial score (nSPS) is 10.2. The molecule has 2 heterocycles. The highest BCUT2D eigenvalue weighted by Gasteiger charge is 2.03. The van der Waals surface area contributed by atoms with E-state index in [1.807, 2.05) is 55.7 Å². The summed E-state index contributed by atoms with van der Waals surface area (Å²) >= 11 is 0. The number of aromatic nitrogens is 3. The minimum Gasteiger partial charge on any atom is -0.343 e. The van der Waals surface area contributed by atoms with Gasteiger partial charge in [0.15, 0.2) is 0 Å². The predicted octanol–water partition coefficient (Wildman–Crippen LogP) is 1.86. The molecule has 2 aromatic heterocycles. The van der Waals surface area contributed by atoms with E-state index in [0.717, 1.165) is 30.2 Å². The molecular formula is C13H16N4. The van der Waals surface area contributed by atoms with Crippen molar-refractivity contribution in [3.05, 3.63) is 48.0 Å². The molecule has 0 unspecified atom stereocenters. The maximum Gasteiger partial charge on any atom is 0.225 e. The molecule has 0 atom stereocenters. The van der Waals surface area contributed by atoms with Crippen molar-refractivity contribution in [1.29, 1.82) is 0 Å². The maximum atomic E-state index is 4.29. The zero-order valence-corrected chi connectivity index (χ0v) is 10.2. The van der Waals surface area contributed by atoms with Crippen molar-refractivity contribution in [2.45, 2.75) is 13.3 Å². The summed E-state index contributed by atoms with van der Waals surface area (Å²) in [5.74, 6) is 0.756. The largest absolute Gasteiger partial charge is 0.343 e. The van der Waals surface area contributed by atoms with E-state index in [0.29, 0.717) is 0 Å². The van der Waals surface area contributed by atoms with Crippen LogP contribution in [0.1, 0.15) is 11.3 Å². The second-order valence-corrected chi connectivity index (χ2v) is 4.05. The summed E-state index contributed by atoms with van der Waals surface area (Å²) in [6, 6.07) is 5.96. The van der Waals surface area contributed by atoms with Gasteiger partial charge in [-0.15, -0.1) is 0 Å². The van der Waals surface area contributed by atoms with Gasteiger partial charge < -0.3 is 4.90 Å². The summed E-state index contributed by atoms with van der Waals surface area (Å²) in [6.07, 6.45) is 6.38. The molecule has 0 aromatic carbocycles. The Hall–Kier alpha value is -1.97. The molecule has 17 heavy (non-hydrogen) atoms. The SMILES string of the molecule is Cc1cnc(N(C)CCc2ccccn2)nc1. The first-order valence-corrected chi connectivity index (χ1v) is 5.65. The highest BCUT2D eigenvalue weighted by molar-refractivity contribution is 5.28. The fourth-order valence-corrected chi connectivity index (χ4v) is 1.51. The van der Waals surface area contributed by atoms with Crippen molar-refractivity contribution in [2.75, 3.05) is 18.5 Å². The van der Waals surface area contributed by atoms with E-state index in [9.17, 15) is 0 Å². The van der Waals surface area contributed by atoms with E-state index < -0.39 is 0 Å². The molecule has 0 aliphatic carbocycles. The molecule has 88 valence electrons. The number of pyridine rings is 1. The molecular weight excluding hydrogens is 212 g/mol. The van der Waals surface area contributed by atoms with Gasteiger partial charge in [-0.05, 0) is 24.6 Å². The van der Waals surface area contributed by atoms with Crippen LogP contribution in [0.15, 0.2) is 36.8 Å². The fourth-order valence-electron chi connectivity index (χ4n) is 1.51. The van der Waals surface area contributed by atoms with Gasteiger partial charge in [-0.3, -0.25) is 4.98 Å². The number of hydrogen-bond acceptors (Lipinski definition) is 4. The number of hydrogen-bond donors (Lipinski definition) is 0. The van der Waals surface area contributed by atoms with Crippen LogP contribution in [0, 0.1) is 6.92 Å². The molecule has 4 nitrogen and oxygen atoms in total. The monoisotopic (exact) mass is 228 g/mol. The fraction of sp³-hybridized carbons (Fsp3) is 0.308. The summed E-state index contributed by atoms with van der Waals surface area (Å²) in [7, 11) is 1.99. The number of aryl methyl sites for hydroxylation is 1. The zero-order chi connectivity index (χ0) is 12.1. The van der Waals surface area contributed by atoms with E-state index in [2.05, 4.69) is 15.0 Å². The molecule has 4 heteroatoms. The molecule has 0 bridgehead atoms. The molecule has 0 saturated heterocycles. The van der Waals surface area contributed by atoms with Crippen LogP contribution in [-0.4, -0.2) is 28.5 Å². The molecule has 0 N–H and O–H groups in total. The maximum absolute atomic E-state index is 4.29. The molecule has 0 fully saturated rings. The third-order valence-electron chi connectivity index (χ3n) is 2.54. The molecule has 0 saturated carbocycles. The summed E-state index contributed by atoms with van der Waals surface area (Å²) in [5, 5.41) is 0. The van der Waals surface area contributed by atoms with Gasteiger partial charge in [-0.1, -0.05) is 6.07 Å². The first kappa shape index (κ1) is 11.5. The molecule has 0 amide bonds. The molecule has 2 rings (SSSR count). The van der Waals surface area contributed by atoms with Crippen molar-refractivity contribution in [3.63, 3.8) is 0 Å². The van der Waals surface area contributed by atoms with E-state index in [1.54, 1.807) is 0 Å². The molecule has 0 spiro atoms. The van der Waals surface area contributed by atoms with Crippen molar-refractivity contribution in [2.24, 2.45) is 0 Å². The first-order chi connectivity index (χ1) is 8.25. The summed E-state index contributed by atoms with van der Waals surface area (Å²) in [5.41, 5.74) is 2.17.